The van der Waals surface area contributed by atoms with E-state index in [1.54, 1.807) is 0 Å². The lowest BCUT2D eigenvalue weighted by atomic mass is 10.1. The third kappa shape index (κ3) is 3.07. The van der Waals surface area contributed by atoms with E-state index in [9.17, 15) is 4.79 Å². The molecular formula is C13H16BrNO2. The Hall–Kier alpha value is -0.870. The van der Waals surface area contributed by atoms with Crippen molar-refractivity contribution in [3.05, 3.63) is 34.3 Å². The highest BCUT2D eigenvalue weighted by Gasteiger charge is 2.50. The Morgan fingerprint density at radius 3 is 2.88 bits per heavy atom. The van der Waals surface area contributed by atoms with Crippen molar-refractivity contribution in [1.82, 2.24) is 5.32 Å². The largest absolute Gasteiger partial charge is 0.469 e. The molecule has 1 aliphatic carbocycles. The van der Waals surface area contributed by atoms with Crippen molar-refractivity contribution < 1.29 is 9.53 Å². The van der Waals surface area contributed by atoms with Crippen LogP contribution in [-0.2, 0) is 16.1 Å². The van der Waals surface area contributed by atoms with E-state index in [2.05, 4.69) is 33.4 Å². The fourth-order valence-corrected chi connectivity index (χ4v) is 2.36. The number of hydrogen-bond donors (Lipinski definition) is 1. The van der Waals surface area contributed by atoms with Gasteiger partial charge in [-0.2, -0.15) is 0 Å². The van der Waals surface area contributed by atoms with Crippen molar-refractivity contribution >= 4 is 21.9 Å². The Balaban J connectivity index is 1.82. The molecule has 0 saturated heterocycles. The fourth-order valence-electron chi connectivity index (χ4n) is 1.91. The third-order valence-electron chi connectivity index (χ3n) is 3.15. The molecule has 0 atom stereocenters. The summed E-state index contributed by atoms with van der Waals surface area (Å²) in [5.41, 5.74) is 0.959. The molecule has 0 amide bonds. The first-order chi connectivity index (χ1) is 8.16. The van der Waals surface area contributed by atoms with Crippen LogP contribution >= 0.6 is 15.9 Å². The molecule has 1 aromatic carbocycles. The quantitative estimate of drug-likeness (QED) is 0.849. The Morgan fingerprint density at radius 1 is 1.53 bits per heavy atom. The number of hydrogen-bond acceptors (Lipinski definition) is 3. The summed E-state index contributed by atoms with van der Waals surface area (Å²) in [6.45, 7) is 1.48. The summed E-state index contributed by atoms with van der Waals surface area (Å²) in [5, 5.41) is 3.33. The van der Waals surface area contributed by atoms with E-state index in [1.807, 2.05) is 12.1 Å². The Kier molecular flexibility index (Phi) is 3.84. The zero-order valence-corrected chi connectivity index (χ0v) is 11.4. The van der Waals surface area contributed by atoms with Crippen LogP contribution in [0.3, 0.4) is 0 Å². The second-order valence-corrected chi connectivity index (χ2v) is 5.42. The van der Waals surface area contributed by atoms with Crippen LogP contribution in [0.15, 0.2) is 28.7 Å². The number of rotatable bonds is 5. The van der Waals surface area contributed by atoms with Crippen LogP contribution in [0, 0.1) is 5.41 Å². The molecule has 1 N–H and O–H groups in total. The Bertz CT molecular complexity index is 416. The molecule has 0 heterocycles. The van der Waals surface area contributed by atoms with Crippen molar-refractivity contribution in [1.29, 1.82) is 0 Å². The van der Waals surface area contributed by atoms with Crippen LogP contribution in [0.25, 0.3) is 0 Å². The van der Waals surface area contributed by atoms with Gasteiger partial charge in [-0.15, -0.1) is 0 Å². The molecule has 1 fully saturated rings. The maximum Gasteiger partial charge on any atom is 0.313 e. The van der Waals surface area contributed by atoms with Crippen LogP contribution in [0.4, 0.5) is 0 Å². The molecule has 0 spiro atoms. The van der Waals surface area contributed by atoms with Crippen molar-refractivity contribution in [2.24, 2.45) is 5.41 Å². The molecule has 3 nitrogen and oxygen atoms in total. The first-order valence-corrected chi connectivity index (χ1v) is 6.49. The lowest BCUT2D eigenvalue weighted by Crippen LogP contribution is -2.30. The zero-order valence-electron chi connectivity index (χ0n) is 9.83. The highest BCUT2D eigenvalue weighted by atomic mass is 79.9. The van der Waals surface area contributed by atoms with E-state index >= 15 is 0 Å². The van der Waals surface area contributed by atoms with Gasteiger partial charge in [-0.25, -0.2) is 0 Å². The molecule has 1 aromatic rings. The van der Waals surface area contributed by atoms with E-state index in [0.29, 0.717) is 6.54 Å². The maximum atomic E-state index is 11.5. The number of halogens is 1. The SMILES string of the molecule is COC(=O)C1(CNCc2cccc(Br)c2)CC1. The van der Waals surface area contributed by atoms with Crippen molar-refractivity contribution in [2.45, 2.75) is 19.4 Å². The minimum absolute atomic E-state index is 0.0840. The second-order valence-electron chi connectivity index (χ2n) is 4.51. The van der Waals surface area contributed by atoms with Crippen molar-refractivity contribution in [3.63, 3.8) is 0 Å². The minimum Gasteiger partial charge on any atom is -0.469 e. The van der Waals surface area contributed by atoms with Crippen molar-refractivity contribution in [2.75, 3.05) is 13.7 Å². The highest BCUT2D eigenvalue weighted by Crippen LogP contribution is 2.46. The average molecular weight is 298 g/mol. The fraction of sp³-hybridized carbons (Fsp3) is 0.462. The van der Waals surface area contributed by atoms with Gasteiger partial charge in [0.15, 0.2) is 0 Å². The summed E-state index contributed by atoms with van der Waals surface area (Å²) in [6.07, 6.45) is 1.87. The zero-order chi connectivity index (χ0) is 12.3. The summed E-state index contributed by atoms with van der Waals surface area (Å²) in [5.74, 6) is -0.0840. The van der Waals surface area contributed by atoms with Gasteiger partial charge in [-0.1, -0.05) is 28.1 Å². The van der Waals surface area contributed by atoms with Gasteiger partial charge < -0.3 is 10.1 Å². The molecule has 4 heteroatoms. The van der Waals surface area contributed by atoms with E-state index in [4.69, 9.17) is 4.74 Å². The van der Waals surface area contributed by atoms with E-state index in [1.165, 1.54) is 12.7 Å². The molecule has 92 valence electrons. The lowest BCUT2D eigenvalue weighted by molar-refractivity contribution is -0.146. The Labute approximate surface area is 110 Å². The molecule has 0 unspecified atom stereocenters. The van der Waals surface area contributed by atoms with Crippen LogP contribution in [0.5, 0.6) is 0 Å². The topological polar surface area (TPSA) is 38.3 Å². The molecule has 17 heavy (non-hydrogen) atoms. The van der Waals surface area contributed by atoms with Crippen LogP contribution in [0.2, 0.25) is 0 Å². The smallest absolute Gasteiger partial charge is 0.313 e. The van der Waals surface area contributed by atoms with Crippen LogP contribution in [0.1, 0.15) is 18.4 Å². The molecule has 1 aliphatic rings. The minimum atomic E-state index is -0.249. The average Bonchev–Trinajstić information content (AvgIpc) is 3.09. The van der Waals surface area contributed by atoms with Gasteiger partial charge in [-0.3, -0.25) is 4.79 Å². The summed E-state index contributed by atoms with van der Waals surface area (Å²) >= 11 is 3.44. The number of carbonyl (C=O) groups excluding carboxylic acids is 1. The van der Waals surface area contributed by atoms with Crippen LogP contribution in [-0.4, -0.2) is 19.6 Å². The standard InChI is InChI=1S/C13H16BrNO2/c1-17-12(16)13(5-6-13)9-15-8-10-3-2-4-11(14)7-10/h2-4,7,15H,5-6,8-9H2,1H3. The number of ether oxygens (including phenoxy) is 1. The van der Waals surface area contributed by atoms with Crippen LogP contribution < -0.4 is 5.32 Å². The maximum absolute atomic E-state index is 11.5. The lowest BCUT2D eigenvalue weighted by Gasteiger charge is -2.13. The third-order valence-corrected chi connectivity index (χ3v) is 3.65. The first-order valence-electron chi connectivity index (χ1n) is 5.70. The molecule has 1 saturated carbocycles. The number of benzene rings is 1. The molecule has 0 radical (unpaired) electrons. The second kappa shape index (κ2) is 5.19. The van der Waals surface area contributed by atoms with Gasteiger partial charge in [0.05, 0.1) is 12.5 Å². The van der Waals surface area contributed by atoms with Gasteiger partial charge in [0.1, 0.15) is 0 Å². The van der Waals surface area contributed by atoms with E-state index in [-0.39, 0.29) is 11.4 Å². The number of esters is 1. The van der Waals surface area contributed by atoms with Gasteiger partial charge in [0.2, 0.25) is 0 Å². The molecule has 0 aromatic heterocycles. The monoisotopic (exact) mass is 297 g/mol. The molecular weight excluding hydrogens is 282 g/mol. The summed E-state index contributed by atoms with van der Waals surface area (Å²) < 4.78 is 5.89. The molecule has 0 aliphatic heterocycles. The molecule has 0 bridgehead atoms. The van der Waals surface area contributed by atoms with Gasteiger partial charge in [-0.05, 0) is 30.5 Å². The summed E-state index contributed by atoms with van der Waals surface area (Å²) in [7, 11) is 1.46. The summed E-state index contributed by atoms with van der Waals surface area (Å²) in [6, 6.07) is 8.15. The predicted molar refractivity (Wildman–Crippen MR) is 69.5 cm³/mol. The Morgan fingerprint density at radius 2 is 2.29 bits per heavy atom. The van der Waals surface area contributed by atoms with Gasteiger partial charge in [0.25, 0.3) is 0 Å². The normalized spacial score (nSPS) is 16.6. The van der Waals surface area contributed by atoms with E-state index < -0.39 is 0 Å². The highest BCUT2D eigenvalue weighted by molar-refractivity contribution is 9.10. The number of carbonyl (C=O) groups is 1. The predicted octanol–water partition coefficient (Wildman–Crippen LogP) is 2.49. The number of nitrogens with one attached hydrogen (secondary N) is 1. The van der Waals surface area contributed by atoms with Gasteiger partial charge in [0, 0.05) is 17.6 Å². The first kappa shape index (κ1) is 12.6. The van der Waals surface area contributed by atoms with E-state index in [0.717, 1.165) is 23.9 Å². The van der Waals surface area contributed by atoms with Crippen molar-refractivity contribution in [3.8, 4) is 0 Å². The summed E-state index contributed by atoms with van der Waals surface area (Å²) in [4.78, 5) is 11.5. The molecule has 2 rings (SSSR count). The van der Waals surface area contributed by atoms with Gasteiger partial charge >= 0.3 is 5.97 Å². The number of methoxy groups -OCH3 is 1.